The molecular formula is C19H20Cl2N2O3. The number of nitrogens with one attached hydrogen (secondary N) is 1. The molecule has 2 N–H and O–H groups in total. The highest BCUT2D eigenvalue weighted by Crippen LogP contribution is 2.30. The summed E-state index contributed by atoms with van der Waals surface area (Å²) in [7, 11) is 0. The van der Waals surface area contributed by atoms with Crippen molar-refractivity contribution in [3.05, 3.63) is 57.6 Å². The summed E-state index contributed by atoms with van der Waals surface area (Å²) in [6.07, 6.45) is 4.83. The van der Waals surface area contributed by atoms with E-state index >= 15 is 0 Å². The van der Waals surface area contributed by atoms with Gasteiger partial charge in [0.25, 0.3) is 5.91 Å². The van der Waals surface area contributed by atoms with Crippen molar-refractivity contribution in [3.63, 3.8) is 0 Å². The molecule has 1 amide bonds. The Hall–Kier alpha value is -2.24. The third-order valence-electron chi connectivity index (χ3n) is 3.55. The molecule has 2 aromatic rings. The van der Waals surface area contributed by atoms with E-state index in [1.807, 2.05) is 24.3 Å². The molecule has 5 nitrogen and oxygen atoms in total. The van der Waals surface area contributed by atoms with Gasteiger partial charge in [0.05, 0.1) is 23.4 Å². The molecule has 0 bridgehead atoms. The Morgan fingerprint density at radius 2 is 1.96 bits per heavy atom. The lowest BCUT2D eigenvalue weighted by Gasteiger charge is -2.06. The largest absolute Gasteiger partial charge is 0.506 e. The molecule has 0 spiro atoms. The van der Waals surface area contributed by atoms with Gasteiger partial charge in [0.15, 0.2) is 0 Å². The second-order valence-electron chi connectivity index (χ2n) is 5.61. The summed E-state index contributed by atoms with van der Waals surface area (Å²) in [5.74, 6) is -0.159. The van der Waals surface area contributed by atoms with Crippen LogP contribution >= 0.6 is 23.2 Å². The molecule has 0 aliphatic heterocycles. The van der Waals surface area contributed by atoms with Gasteiger partial charge >= 0.3 is 0 Å². The van der Waals surface area contributed by atoms with Crippen molar-refractivity contribution in [3.8, 4) is 11.5 Å². The number of unbranched alkanes of at least 4 members (excludes halogenated alkanes) is 2. The van der Waals surface area contributed by atoms with Crippen LogP contribution in [-0.2, 0) is 0 Å². The Kier molecular flexibility index (Phi) is 7.75. The maximum Gasteiger partial charge on any atom is 0.275 e. The first-order valence-electron chi connectivity index (χ1n) is 8.25. The van der Waals surface area contributed by atoms with Crippen LogP contribution in [0.2, 0.25) is 10.0 Å². The van der Waals surface area contributed by atoms with E-state index in [-0.39, 0.29) is 21.4 Å². The quantitative estimate of drug-likeness (QED) is 0.374. The van der Waals surface area contributed by atoms with Crippen LogP contribution in [0, 0.1) is 0 Å². The van der Waals surface area contributed by atoms with E-state index in [0.29, 0.717) is 6.61 Å². The fourth-order valence-electron chi connectivity index (χ4n) is 2.16. The number of hydrogen-bond acceptors (Lipinski definition) is 4. The highest BCUT2D eigenvalue weighted by Gasteiger charge is 2.14. The lowest BCUT2D eigenvalue weighted by molar-refractivity contribution is 0.0952. The fraction of sp³-hybridized carbons (Fsp3) is 0.263. The van der Waals surface area contributed by atoms with Gasteiger partial charge in [-0.25, -0.2) is 5.43 Å². The number of aromatic hydroxyl groups is 1. The Morgan fingerprint density at radius 3 is 2.65 bits per heavy atom. The van der Waals surface area contributed by atoms with Crippen LogP contribution in [0.4, 0.5) is 0 Å². The predicted octanol–water partition coefficient (Wildman–Crippen LogP) is 5.03. The van der Waals surface area contributed by atoms with Crippen LogP contribution in [0.5, 0.6) is 11.5 Å². The number of benzene rings is 2. The Labute approximate surface area is 162 Å². The Balaban J connectivity index is 1.91. The molecular weight excluding hydrogens is 375 g/mol. The molecule has 0 aromatic heterocycles. The number of phenolic OH excluding ortho intramolecular Hbond substituents is 1. The predicted molar refractivity (Wildman–Crippen MR) is 105 cm³/mol. The molecule has 0 saturated heterocycles. The lowest BCUT2D eigenvalue weighted by Crippen LogP contribution is -2.17. The van der Waals surface area contributed by atoms with Gasteiger partial charge in [0.1, 0.15) is 11.5 Å². The van der Waals surface area contributed by atoms with Gasteiger partial charge in [0.2, 0.25) is 0 Å². The minimum absolute atomic E-state index is 0.00107. The number of carbonyl (C=O) groups is 1. The standard InChI is InChI=1S/C19H20Cl2N2O3/c1-2-3-4-9-26-15-7-5-13(6-8-15)12-22-23-19(25)16-10-14(20)11-17(21)18(16)24/h5-8,10-12,24H,2-4,9H2,1H3,(H,23,25). The first-order valence-corrected chi connectivity index (χ1v) is 9.01. The Bertz CT molecular complexity index is 777. The summed E-state index contributed by atoms with van der Waals surface area (Å²) in [4.78, 5) is 12.1. The SMILES string of the molecule is CCCCCOc1ccc(C=NNC(=O)c2cc(Cl)cc(Cl)c2O)cc1. The molecule has 2 rings (SSSR count). The monoisotopic (exact) mass is 394 g/mol. The summed E-state index contributed by atoms with van der Waals surface area (Å²) in [5, 5.41) is 13.9. The van der Waals surface area contributed by atoms with Crippen LogP contribution in [-0.4, -0.2) is 23.8 Å². The van der Waals surface area contributed by atoms with E-state index in [1.54, 1.807) is 0 Å². The number of hydrazone groups is 1. The highest BCUT2D eigenvalue weighted by atomic mass is 35.5. The van der Waals surface area contributed by atoms with Crippen molar-refractivity contribution in [2.24, 2.45) is 5.10 Å². The first-order chi connectivity index (χ1) is 12.5. The van der Waals surface area contributed by atoms with Crippen LogP contribution in [0.3, 0.4) is 0 Å². The molecule has 7 heteroatoms. The average molecular weight is 395 g/mol. The highest BCUT2D eigenvalue weighted by molar-refractivity contribution is 6.36. The minimum atomic E-state index is -0.612. The third-order valence-corrected chi connectivity index (χ3v) is 4.06. The Morgan fingerprint density at radius 1 is 1.23 bits per heavy atom. The molecule has 0 heterocycles. The van der Waals surface area contributed by atoms with Crippen molar-refractivity contribution in [2.75, 3.05) is 6.61 Å². The number of nitrogens with zero attached hydrogens (tertiary/aromatic N) is 1. The van der Waals surface area contributed by atoms with Crippen molar-refractivity contribution in [1.29, 1.82) is 0 Å². The van der Waals surface area contributed by atoms with Crippen LogP contribution < -0.4 is 10.2 Å². The molecule has 0 aliphatic rings. The van der Waals surface area contributed by atoms with Crippen LogP contribution in [0.1, 0.15) is 42.1 Å². The summed E-state index contributed by atoms with van der Waals surface area (Å²) in [5.41, 5.74) is 3.07. The first kappa shape index (κ1) is 20.1. The molecule has 0 radical (unpaired) electrons. The minimum Gasteiger partial charge on any atom is -0.506 e. The zero-order chi connectivity index (χ0) is 18.9. The lowest BCUT2D eigenvalue weighted by atomic mass is 10.2. The zero-order valence-electron chi connectivity index (χ0n) is 14.3. The summed E-state index contributed by atoms with van der Waals surface area (Å²) >= 11 is 11.6. The van der Waals surface area contributed by atoms with Crippen molar-refractivity contribution < 1.29 is 14.6 Å². The summed E-state index contributed by atoms with van der Waals surface area (Å²) in [6.45, 7) is 2.85. The molecule has 26 heavy (non-hydrogen) atoms. The van der Waals surface area contributed by atoms with E-state index in [4.69, 9.17) is 27.9 Å². The van der Waals surface area contributed by atoms with E-state index in [1.165, 1.54) is 18.3 Å². The zero-order valence-corrected chi connectivity index (χ0v) is 15.8. The van der Waals surface area contributed by atoms with Crippen molar-refractivity contribution in [1.82, 2.24) is 5.43 Å². The van der Waals surface area contributed by atoms with Gasteiger partial charge in [-0.3, -0.25) is 4.79 Å². The van der Waals surface area contributed by atoms with Crippen LogP contribution in [0.15, 0.2) is 41.5 Å². The van der Waals surface area contributed by atoms with Crippen molar-refractivity contribution >= 4 is 35.3 Å². The fourth-order valence-corrected chi connectivity index (χ4v) is 2.65. The van der Waals surface area contributed by atoms with Crippen molar-refractivity contribution in [2.45, 2.75) is 26.2 Å². The van der Waals surface area contributed by atoms with E-state index in [0.717, 1.165) is 30.6 Å². The van der Waals surface area contributed by atoms with Gasteiger partial charge in [-0.2, -0.15) is 5.10 Å². The number of ether oxygens (including phenoxy) is 1. The van der Waals surface area contributed by atoms with Gasteiger partial charge in [-0.05, 0) is 48.4 Å². The number of carbonyl (C=O) groups excluding carboxylic acids is 1. The van der Waals surface area contributed by atoms with Gasteiger partial charge in [-0.15, -0.1) is 0 Å². The number of amides is 1. The molecule has 0 atom stereocenters. The second-order valence-corrected chi connectivity index (χ2v) is 6.45. The smallest absolute Gasteiger partial charge is 0.275 e. The molecule has 138 valence electrons. The van der Waals surface area contributed by atoms with E-state index in [2.05, 4.69) is 17.5 Å². The number of phenols is 1. The average Bonchev–Trinajstić information content (AvgIpc) is 2.63. The number of halogens is 2. The van der Waals surface area contributed by atoms with E-state index in [9.17, 15) is 9.90 Å². The topological polar surface area (TPSA) is 70.9 Å². The van der Waals surface area contributed by atoms with Crippen LogP contribution in [0.25, 0.3) is 0 Å². The normalized spacial score (nSPS) is 10.9. The maximum absolute atomic E-state index is 12.1. The molecule has 0 aliphatic carbocycles. The molecule has 0 fully saturated rings. The van der Waals surface area contributed by atoms with E-state index < -0.39 is 5.91 Å². The second kappa shape index (κ2) is 10.0. The van der Waals surface area contributed by atoms with Gasteiger partial charge < -0.3 is 9.84 Å². The summed E-state index contributed by atoms with van der Waals surface area (Å²) < 4.78 is 5.63. The number of rotatable bonds is 8. The van der Waals surface area contributed by atoms with Gasteiger partial charge in [-0.1, -0.05) is 43.0 Å². The molecule has 0 saturated carbocycles. The van der Waals surface area contributed by atoms with Gasteiger partial charge in [0, 0.05) is 5.02 Å². The number of hydrogen-bond donors (Lipinski definition) is 2. The third kappa shape index (κ3) is 5.93. The maximum atomic E-state index is 12.1. The molecule has 0 unspecified atom stereocenters. The summed E-state index contributed by atoms with van der Waals surface area (Å²) in [6, 6.07) is 10.0. The molecule has 2 aromatic carbocycles.